The molecular weight excluding hydrogens is 775 g/mol. The number of para-hydroxylation sites is 1. The van der Waals surface area contributed by atoms with Crippen LogP contribution >= 0.6 is 0 Å². The second-order valence-electron chi connectivity index (χ2n) is 17.6. The predicted molar refractivity (Wildman–Crippen MR) is 268 cm³/mol. The van der Waals surface area contributed by atoms with Gasteiger partial charge in [0, 0.05) is 27.4 Å². The largest absolute Gasteiger partial charge is 0.359 e. The highest BCUT2D eigenvalue weighted by atomic mass is 15.1. The quantitative estimate of drug-likeness (QED) is 0.171. The zero-order chi connectivity index (χ0) is 42.8. The molecule has 1 aliphatic heterocycles. The number of hydrogen-bond donors (Lipinski definition) is 1. The first-order valence-corrected chi connectivity index (χ1v) is 22.2. The van der Waals surface area contributed by atoms with Crippen molar-refractivity contribution in [3.05, 3.63) is 252 Å². The first-order chi connectivity index (χ1) is 31.5. The van der Waals surface area contributed by atoms with Crippen LogP contribution in [0.2, 0.25) is 0 Å². The molecule has 64 heavy (non-hydrogen) atoms. The van der Waals surface area contributed by atoms with Crippen molar-refractivity contribution in [2.24, 2.45) is 4.99 Å². The molecule has 0 fully saturated rings. The van der Waals surface area contributed by atoms with Gasteiger partial charge in [-0.1, -0.05) is 190 Å². The van der Waals surface area contributed by atoms with Crippen LogP contribution in [0, 0.1) is 0 Å². The van der Waals surface area contributed by atoms with Gasteiger partial charge in [-0.3, -0.25) is 0 Å². The maximum absolute atomic E-state index is 5.22. The smallest absolute Gasteiger partial charge is 0.134 e. The van der Waals surface area contributed by atoms with Crippen molar-refractivity contribution in [1.29, 1.82) is 0 Å². The standard InChI is InChI=1S/C61H45N3/c1-61(2)54-31-11-9-27-50(54)52-30-16-29-49(59(52)61)46-24-14-23-44(36-46)42-21-13-22-43(35-42)45-33-34-58-53(38-45)51-28-10-12-32-57(51)64(58)48-26-15-25-47(37-48)60-62-55(40-17-5-3-6-18-40)39-56(63-60)41-19-7-4-8-20-41/h3-39,55H,1-2H3,(H,62,63). The third-order valence-corrected chi connectivity index (χ3v) is 13.4. The van der Waals surface area contributed by atoms with Gasteiger partial charge in [0.05, 0.1) is 22.8 Å². The minimum absolute atomic E-state index is 0.0166. The summed E-state index contributed by atoms with van der Waals surface area (Å²) in [7, 11) is 0. The van der Waals surface area contributed by atoms with E-state index in [0.717, 1.165) is 33.9 Å². The second kappa shape index (κ2) is 15.1. The number of hydrogen-bond acceptors (Lipinski definition) is 2. The van der Waals surface area contributed by atoms with Crippen LogP contribution in [0.5, 0.6) is 0 Å². The Morgan fingerprint density at radius 3 is 1.83 bits per heavy atom. The van der Waals surface area contributed by atoms with E-state index in [4.69, 9.17) is 4.99 Å². The van der Waals surface area contributed by atoms with E-state index in [-0.39, 0.29) is 11.5 Å². The molecule has 1 aliphatic carbocycles. The number of aromatic nitrogens is 1. The van der Waals surface area contributed by atoms with Gasteiger partial charge in [0.15, 0.2) is 0 Å². The van der Waals surface area contributed by atoms with Crippen molar-refractivity contribution in [3.63, 3.8) is 0 Å². The molecule has 1 unspecified atom stereocenters. The Morgan fingerprint density at radius 1 is 0.438 bits per heavy atom. The Labute approximate surface area is 374 Å². The van der Waals surface area contributed by atoms with Crippen molar-refractivity contribution in [1.82, 2.24) is 9.88 Å². The maximum Gasteiger partial charge on any atom is 0.134 e. The normalized spacial score (nSPS) is 15.0. The summed E-state index contributed by atoms with van der Waals surface area (Å²) in [6.07, 6.45) is 2.23. The van der Waals surface area contributed by atoms with Crippen LogP contribution in [0.3, 0.4) is 0 Å². The van der Waals surface area contributed by atoms with Crippen molar-refractivity contribution >= 4 is 33.3 Å². The molecule has 0 saturated carbocycles. The fraction of sp³-hybridized carbons (Fsp3) is 0.0656. The van der Waals surface area contributed by atoms with Gasteiger partial charge in [-0.25, -0.2) is 4.99 Å². The number of nitrogens with one attached hydrogen (secondary N) is 1. The number of rotatable bonds is 7. The van der Waals surface area contributed by atoms with Crippen molar-refractivity contribution in [2.75, 3.05) is 0 Å². The van der Waals surface area contributed by atoms with E-state index in [1.807, 2.05) is 0 Å². The molecule has 10 aromatic rings. The number of nitrogens with zero attached hydrogens (tertiary/aromatic N) is 2. The van der Waals surface area contributed by atoms with Crippen molar-refractivity contribution < 1.29 is 0 Å². The lowest BCUT2D eigenvalue weighted by Crippen LogP contribution is -2.31. The summed E-state index contributed by atoms with van der Waals surface area (Å²) >= 11 is 0. The van der Waals surface area contributed by atoms with Gasteiger partial charge >= 0.3 is 0 Å². The number of benzene rings is 9. The van der Waals surface area contributed by atoms with E-state index in [1.54, 1.807) is 0 Å². The number of aliphatic imine (C=N–C) groups is 1. The molecule has 0 spiro atoms. The fourth-order valence-electron chi connectivity index (χ4n) is 10.4. The molecule has 1 N–H and O–H groups in total. The van der Waals surface area contributed by atoms with E-state index < -0.39 is 0 Å². The van der Waals surface area contributed by atoms with Gasteiger partial charge in [0.25, 0.3) is 0 Å². The maximum atomic E-state index is 5.22. The van der Waals surface area contributed by atoms with Crippen LogP contribution in [0.4, 0.5) is 0 Å². The molecule has 304 valence electrons. The zero-order valence-electron chi connectivity index (χ0n) is 35.8. The van der Waals surface area contributed by atoms with Gasteiger partial charge < -0.3 is 9.88 Å². The van der Waals surface area contributed by atoms with Gasteiger partial charge in [0.2, 0.25) is 0 Å². The lowest BCUT2D eigenvalue weighted by Gasteiger charge is -2.25. The molecule has 3 nitrogen and oxygen atoms in total. The zero-order valence-corrected chi connectivity index (χ0v) is 35.8. The Hall–Kier alpha value is -8.01. The number of fused-ring (bicyclic) bond motifs is 6. The van der Waals surface area contributed by atoms with E-state index in [9.17, 15) is 0 Å². The molecule has 1 aromatic heterocycles. The highest BCUT2D eigenvalue weighted by molar-refractivity contribution is 6.11. The molecular formula is C61H45N3. The van der Waals surface area contributed by atoms with Crippen molar-refractivity contribution in [3.8, 4) is 50.2 Å². The lowest BCUT2D eigenvalue weighted by atomic mass is 9.78. The molecule has 0 saturated heterocycles. The summed E-state index contributed by atoms with van der Waals surface area (Å²) in [6.45, 7) is 4.73. The van der Waals surface area contributed by atoms with E-state index in [2.05, 4.69) is 248 Å². The first kappa shape index (κ1) is 37.7. The molecule has 1 atom stereocenters. The lowest BCUT2D eigenvalue weighted by molar-refractivity contribution is 0.662. The van der Waals surface area contributed by atoms with Gasteiger partial charge in [-0.15, -0.1) is 0 Å². The summed E-state index contributed by atoms with van der Waals surface area (Å²) in [4.78, 5) is 5.22. The summed E-state index contributed by atoms with van der Waals surface area (Å²) in [5.74, 6) is 0.854. The van der Waals surface area contributed by atoms with E-state index in [0.29, 0.717) is 0 Å². The van der Waals surface area contributed by atoms with Crippen LogP contribution in [0.15, 0.2) is 229 Å². The summed E-state index contributed by atoms with van der Waals surface area (Å²) < 4.78 is 2.39. The molecule has 12 rings (SSSR count). The molecule has 2 heterocycles. The van der Waals surface area contributed by atoms with Gasteiger partial charge in [-0.05, 0) is 115 Å². The highest BCUT2D eigenvalue weighted by Crippen LogP contribution is 2.52. The van der Waals surface area contributed by atoms with Gasteiger partial charge in [-0.2, -0.15) is 0 Å². The van der Waals surface area contributed by atoms with Crippen LogP contribution in [0.1, 0.15) is 47.7 Å². The Morgan fingerprint density at radius 2 is 1.02 bits per heavy atom. The minimum Gasteiger partial charge on any atom is -0.359 e. The van der Waals surface area contributed by atoms with Crippen LogP contribution < -0.4 is 5.32 Å². The molecule has 0 amide bonds. The van der Waals surface area contributed by atoms with Crippen LogP contribution in [-0.4, -0.2) is 10.4 Å². The van der Waals surface area contributed by atoms with Crippen LogP contribution in [0.25, 0.3) is 77.7 Å². The molecule has 3 heteroatoms. The fourth-order valence-corrected chi connectivity index (χ4v) is 10.4. The predicted octanol–water partition coefficient (Wildman–Crippen LogP) is 15.2. The summed E-state index contributed by atoms with van der Waals surface area (Å²) in [6, 6.07) is 79.3. The third kappa shape index (κ3) is 6.31. The topological polar surface area (TPSA) is 29.3 Å². The Bertz CT molecular complexity index is 3500. The third-order valence-electron chi connectivity index (χ3n) is 13.4. The number of amidine groups is 1. The van der Waals surface area contributed by atoms with E-state index in [1.165, 1.54) is 77.5 Å². The summed E-state index contributed by atoms with van der Waals surface area (Å²) in [5.41, 5.74) is 20.5. The average Bonchev–Trinajstić information content (AvgIpc) is 3.82. The molecule has 2 aliphatic rings. The monoisotopic (exact) mass is 819 g/mol. The van der Waals surface area contributed by atoms with Crippen molar-refractivity contribution in [2.45, 2.75) is 25.3 Å². The Balaban J connectivity index is 0.905. The Kier molecular flexibility index (Phi) is 8.91. The van der Waals surface area contributed by atoms with E-state index >= 15 is 0 Å². The SMILES string of the molecule is CC1(C)c2ccccc2-c2cccc(-c3cccc(-c4cccc(-c5ccc6c(c5)c5ccccc5n6-c5cccc(C6=NC(c7ccccc7)=CC(c7ccccc7)N6)c5)c4)c3)c21. The second-order valence-corrected chi connectivity index (χ2v) is 17.6. The summed E-state index contributed by atoms with van der Waals surface area (Å²) in [5, 5.41) is 6.21. The average molecular weight is 820 g/mol. The molecule has 0 radical (unpaired) electrons. The van der Waals surface area contributed by atoms with Gasteiger partial charge in [0.1, 0.15) is 5.84 Å². The highest BCUT2D eigenvalue weighted by Gasteiger charge is 2.37. The molecule has 0 bridgehead atoms. The van der Waals surface area contributed by atoms with Crippen LogP contribution in [-0.2, 0) is 5.41 Å². The first-order valence-electron chi connectivity index (χ1n) is 22.2. The minimum atomic E-state index is -0.0826. The molecule has 9 aromatic carbocycles.